The number of nitrogens with one attached hydrogen (secondary N) is 1. The molecule has 1 aliphatic carbocycles. The Bertz CT molecular complexity index is 761. The monoisotopic (exact) mass is 356 g/mol. The van der Waals surface area contributed by atoms with Crippen molar-refractivity contribution in [3.63, 3.8) is 0 Å². The molecule has 1 aromatic carbocycles. The van der Waals surface area contributed by atoms with Crippen LogP contribution in [0.4, 0.5) is 0 Å². The topological polar surface area (TPSA) is 88.0 Å². The number of aliphatic imine (C=N–C) groups is 1. The zero-order valence-electron chi connectivity index (χ0n) is 15.1. The van der Waals surface area contributed by atoms with E-state index in [1.54, 1.807) is 0 Å². The van der Waals surface area contributed by atoms with Gasteiger partial charge in [-0.3, -0.25) is 9.79 Å². The largest absolute Gasteiger partial charge is 0.510 e. The molecule has 3 rings (SSSR count). The van der Waals surface area contributed by atoms with Gasteiger partial charge in [0.2, 0.25) is 5.91 Å². The molecule has 0 aromatic heterocycles. The summed E-state index contributed by atoms with van der Waals surface area (Å²) in [7, 11) is 1.26. The van der Waals surface area contributed by atoms with Crippen molar-refractivity contribution in [3.8, 4) is 0 Å². The number of amides is 1. The van der Waals surface area contributed by atoms with Gasteiger partial charge in [-0.25, -0.2) is 4.79 Å². The number of hydrogen-bond acceptors (Lipinski definition) is 5. The first-order chi connectivity index (χ1) is 12.5. The molecule has 0 unspecified atom stereocenters. The number of aliphatic hydroxyl groups is 1. The minimum Gasteiger partial charge on any atom is -0.510 e. The lowest BCUT2D eigenvalue weighted by atomic mass is 9.78. The zero-order chi connectivity index (χ0) is 18.7. The van der Waals surface area contributed by atoms with Crippen LogP contribution < -0.4 is 5.32 Å². The summed E-state index contributed by atoms with van der Waals surface area (Å²) in [5.74, 6) is -1.09. The maximum atomic E-state index is 12.8. The van der Waals surface area contributed by atoms with Crippen molar-refractivity contribution >= 4 is 17.7 Å². The Morgan fingerprint density at radius 2 is 1.96 bits per heavy atom. The Labute approximate surface area is 153 Å². The van der Waals surface area contributed by atoms with E-state index in [0.29, 0.717) is 19.3 Å². The van der Waals surface area contributed by atoms with Gasteiger partial charge < -0.3 is 15.2 Å². The molecule has 6 nitrogen and oxygen atoms in total. The minimum absolute atomic E-state index is 0.0246. The van der Waals surface area contributed by atoms with Crippen LogP contribution in [-0.4, -0.2) is 29.9 Å². The number of methoxy groups -OCH3 is 1. The molecule has 2 aliphatic rings. The van der Waals surface area contributed by atoms with Crippen molar-refractivity contribution < 1.29 is 19.4 Å². The summed E-state index contributed by atoms with van der Waals surface area (Å²) in [6.45, 7) is 1.98. The predicted octanol–water partition coefficient (Wildman–Crippen LogP) is 3.21. The summed E-state index contributed by atoms with van der Waals surface area (Å²) < 4.78 is 4.86. The molecule has 1 heterocycles. The fourth-order valence-corrected chi connectivity index (χ4v) is 3.82. The zero-order valence-corrected chi connectivity index (χ0v) is 15.1. The van der Waals surface area contributed by atoms with Crippen molar-refractivity contribution in [2.75, 3.05) is 7.11 Å². The average Bonchev–Trinajstić information content (AvgIpc) is 3.16. The Morgan fingerprint density at radius 3 is 2.54 bits per heavy atom. The lowest BCUT2D eigenvalue weighted by molar-refractivity contribution is -0.136. The van der Waals surface area contributed by atoms with Gasteiger partial charge in [-0.1, -0.05) is 50.1 Å². The van der Waals surface area contributed by atoms with Crippen LogP contribution in [-0.2, 0) is 14.3 Å². The van der Waals surface area contributed by atoms with E-state index >= 15 is 0 Å². The first kappa shape index (κ1) is 18.2. The molecule has 26 heavy (non-hydrogen) atoms. The standard InChI is InChI=1S/C20H24N2O4/c1-3-14(13-9-5-4-6-10-13)21-17-15(18(24)26-2)16(23)20(19(25)22-17)11-7-8-12-20/h4-6,9-10,14,23H,3,7-8,11-12H2,1-2H3,(H,21,22,25)/t14-/m0/s1. The van der Waals surface area contributed by atoms with E-state index in [1.165, 1.54) is 7.11 Å². The van der Waals surface area contributed by atoms with Crippen LogP contribution in [0.15, 0.2) is 46.7 Å². The second-order valence-corrected chi connectivity index (χ2v) is 6.77. The number of nitrogens with zero attached hydrogens (tertiary/aromatic N) is 1. The molecule has 1 saturated carbocycles. The van der Waals surface area contributed by atoms with E-state index in [2.05, 4.69) is 10.3 Å². The molecule has 1 amide bonds. The number of rotatable bonds is 4. The maximum absolute atomic E-state index is 12.8. The molecule has 1 fully saturated rings. The molecular formula is C20H24N2O4. The van der Waals surface area contributed by atoms with Gasteiger partial charge in [0, 0.05) is 0 Å². The van der Waals surface area contributed by atoms with Gasteiger partial charge in [0.25, 0.3) is 0 Å². The van der Waals surface area contributed by atoms with Crippen molar-refractivity contribution in [2.24, 2.45) is 10.4 Å². The van der Waals surface area contributed by atoms with Crippen molar-refractivity contribution in [3.05, 3.63) is 47.2 Å². The van der Waals surface area contributed by atoms with Crippen LogP contribution in [0.2, 0.25) is 0 Å². The molecule has 1 atom stereocenters. The molecule has 138 valence electrons. The number of hydrogen-bond donors (Lipinski definition) is 2. The molecule has 1 aliphatic heterocycles. The van der Waals surface area contributed by atoms with Crippen LogP contribution >= 0.6 is 0 Å². The summed E-state index contributed by atoms with van der Waals surface area (Å²) in [5.41, 5.74) is -0.0817. The van der Waals surface area contributed by atoms with Crippen LogP contribution in [0.5, 0.6) is 0 Å². The smallest absolute Gasteiger partial charge is 0.345 e. The fourth-order valence-electron chi connectivity index (χ4n) is 3.82. The predicted molar refractivity (Wildman–Crippen MR) is 97.6 cm³/mol. The quantitative estimate of drug-likeness (QED) is 0.811. The second-order valence-electron chi connectivity index (χ2n) is 6.77. The van der Waals surface area contributed by atoms with E-state index in [4.69, 9.17) is 4.74 Å². The van der Waals surface area contributed by atoms with E-state index in [1.807, 2.05) is 37.3 Å². The third kappa shape index (κ3) is 3.00. The van der Waals surface area contributed by atoms with Gasteiger partial charge in [0.15, 0.2) is 0 Å². The van der Waals surface area contributed by atoms with E-state index in [9.17, 15) is 14.7 Å². The van der Waals surface area contributed by atoms with E-state index in [0.717, 1.165) is 18.4 Å². The number of benzene rings is 1. The van der Waals surface area contributed by atoms with Gasteiger partial charge >= 0.3 is 5.97 Å². The number of carbonyl (C=O) groups excluding carboxylic acids is 2. The molecule has 1 spiro atoms. The van der Waals surface area contributed by atoms with Crippen LogP contribution in [0.3, 0.4) is 0 Å². The third-order valence-corrected chi connectivity index (χ3v) is 5.30. The Morgan fingerprint density at radius 1 is 1.31 bits per heavy atom. The Kier molecular flexibility index (Phi) is 5.11. The summed E-state index contributed by atoms with van der Waals surface area (Å²) in [6.07, 6.45) is 3.40. The highest BCUT2D eigenvalue weighted by Gasteiger charge is 2.51. The normalized spacial score (nSPS) is 21.8. The first-order valence-corrected chi connectivity index (χ1v) is 9.00. The second kappa shape index (κ2) is 7.32. The molecule has 2 N–H and O–H groups in total. The van der Waals surface area contributed by atoms with Gasteiger partial charge in [-0.2, -0.15) is 0 Å². The molecule has 0 bridgehead atoms. The SMILES string of the molecule is CC[C@H](N=C1NC(=O)C2(CCCC2)C(O)=C1C(=O)OC)c1ccccc1. The van der Waals surface area contributed by atoms with Crippen molar-refractivity contribution in [2.45, 2.75) is 45.1 Å². The Hall–Kier alpha value is -2.63. The van der Waals surface area contributed by atoms with E-state index < -0.39 is 11.4 Å². The van der Waals surface area contributed by atoms with Crippen LogP contribution in [0.1, 0.15) is 50.6 Å². The van der Waals surface area contributed by atoms with Gasteiger partial charge in [-0.05, 0) is 24.8 Å². The minimum atomic E-state index is -1.03. The van der Waals surface area contributed by atoms with E-state index in [-0.39, 0.29) is 29.1 Å². The molecular weight excluding hydrogens is 332 g/mol. The van der Waals surface area contributed by atoms with Crippen LogP contribution in [0.25, 0.3) is 0 Å². The highest BCUT2D eigenvalue weighted by Crippen LogP contribution is 2.46. The molecule has 6 heteroatoms. The first-order valence-electron chi connectivity index (χ1n) is 9.00. The lowest BCUT2D eigenvalue weighted by Gasteiger charge is -2.33. The van der Waals surface area contributed by atoms with Crippen molar-refractivity contribution in [1.82, 2.24) is 5.32 Å². The maximum Gasteiger partial charge on any atom is 0.345 e. The number of carbonyl (C=O) groups is 2. The van der Waals surface area contributed by atoms with Gasteiger partial charge in [0.05, 0.1) is 13.2 Å². The molecule has 1 aromatic rings. The number of ether oxygens (including phenoxy) is 1. The highest BCUT2D eigenvalue weighted by atomic mass is 16.5. The summed E-state index contributed by atoms with van der Waals surface area (Å²) in [6, 6.07) is 9.41. The van der Waals surface area contributed by atoms with Crippen LogP contribution in [0, 0.1) is 5.41 Å². The summed E-state index contributed by atoms with van der Waals surface area (Å²) >= 11 is 0. The van der Waals surface area contributed by atoms with Crippen molar-refractivity contribution in [1.29, 1.82) is 0 Å². The number of amidine groups is 1. The third-order valence-electron chi connectivity index (χ3n) is 5.30. The van der Waals surface area contributed by atoms with Gasteiger partial charge in [0.1, 0.15) is 22.6 Å². The summed E-state index contributed by atoms with van der Waals surface area (Å²) in [5, 5.41) is 13.6. The Balaban J connectivity index is 2.09. The fraction of sp³-hybridized carbons (Fsp3) is 0.450. The van der Waals surface area contributed by atoms with Gasteiger partial charge in [-0.15, -0.1) is 0 Å². The number of aliphatic hydroxyl groups excluding tert-OH is 1. The molecule has 0 radical (unpaired) electrons. The average molecular weight is 356 g/mol. The number of esters is 1. The summed E-state index contributed by atoms with van der Waals surface area (Å²) in [4.78, 5) is 29.7. The highest BCUT2D eigenvalue weighted by molar-refractivity contribution is 6.26. The molecule has 0 saturated heterocycles. The lowest BCUT2D eigenvalue weighted by Crippen LogP contribution is -2.51.